The molecule has 0 spiro atoms. The van der Waals surface area contributed by atoms with Crippen LogP contribution < -0.4 is 5.32 Å². The van der Waals surface area contributed by atoms with E-state index in [0.29, 0.717) is 12.2 Å². The molecule has 0 saturated heterocycles. The number of carboxylic acid groups (broad SMARTS) is 1. The molecule has 0 radical (unpaired) electrons. The first-order chi connectivity index (χ1) is 10.1. The lowest BCUT2D eigenvalue weighted by Gasteiger charge is -2.09. The van der Waals surface area contributed by atoms with E-state index in [-0.39, 0.29) is 5.56 Å². The van der Waals surface area contributed by atoms with Crippen molar-refractivity contribution in [2.75, 3.05) is 5.32 Å². The van der Waals surface area contributed by atoms with Crippen LogP contribution in [0.1, 0.15) is 15.9 Å². The standard InChI is InChI=1S/C16H13FN2O2/c17-14-5-4-12(8-13(14)16(20)21)19-9-11-3-1-2-10-6-7-18-15(10)11/h1-8,18-19H,9H2,(H,20,21). The Hall–Kier alpha value is -2.82. The molecule has 1 aromatic heterocycles. The number of aromatic amines is 1. The zero-order valence-electron chi connectivity index (χ0n) is 11.1. The molecular formula is C16H13FN2O2. The highest BCUT2D eigenvalue weighted by atomic mass is 19.1. The van der Waals surface area contributed by atoms with Crippen LogP contribution in [0.15, 0.2) is 48.7 Å². The second-order valence-corrected chi connectivity index (χ2v) is 4.71. The quantitative estimate of drug-likeness (QED) is 0.685. The number of carbonyl (C=O) groups is 1. The Morgan fingerprint density at radius 3 is 2.90 bits per heavy atom. The zero-order valence-corrected chi connectivity index (χ0v) is 11.1. The van der Waals surface area contributed by atoms with Crippen LogP contribution in [-0.4, -0.2) is 16.1 Å². The maximum atomic E-state index is 13.3. The number of hydrogen-bond acceptors (Lipinski definition) is 2. The maximum Gasteiger partial charge on any atom is 0.338 e. The Morgan fingerprint density at radius 1 is 1.24 bits per heavy atom. The molecule has 0 atom stereocenters. The highest BCUT2D eigenvalue weighted by Gasteiger charge is 2.10. The summed E-state index contributed by atoms with van der Waals surface area (Å²) in [6, 6.07) is 11.9. The van der Waals surface area contributed by atoms with Crippen LogP contribution in [0.2, 0.25) is 0 Å². The van der Waals surface area contributed by atoms with E-state index in [9.17, 15) is 9.18 Å². The minimum atomic E-state index is -1.28. The van der Waals surface area contributed by atoms with Crippen LogP contribution in [-0.2, 0) is 6.54 Å². The number of halogens is 1. The van der Waals surface area contributed by atoms with E-state index in [1.54, 1.807) is 0 Å². The van der Waals surface area contributed by atoms with Gasteiger partial charge in [0.15, 0.2) is 0 Å². The smallest absolute Gasteiger partial charge is 0.338 e. The summed E-state index contributed by atoms with van der Waals surface area (Å²) < 4.78 is 13.3. The molecule has 2 aromatic carbocycles. The van der Waals surface area contributed by atoms with E-state index in [1.165, 1.54) is 12.1 Å². The molecule has 3 aromatic rings. The topological polar surface area (TPSA) is 65.1 Å². The van der Waals surface area contributed by atoms with E-state index >= 15 is 0 Å². The van der Waals surface area contributed by atoms with Crippen molar-refractivity contribution in [3.05, 3.63) is 65.6 Å². The third-order valence-corrected chi connectivity index (χ3v) is 3.35. The minimum absolute atomic E-state index is 0.335. The van der Waals surface area contributed by atoms with Crippen LogP contribution in [0.4, 0.5) is 10.1 Å². The van der Waals surface area contributed by atoms with Gasteiger partial charge in [-0.3, -0.25) is 0 Å². The van der Waals surface area contributed by atoms with E-state index < -0.39 is 11.8 Å². The molecule has 21 heavy (non-hydrogen) atoms. The molecule has 0 aliphatic carbocycles. The van der Waals surface area contributed by atoms with Crippen LogP contribution >= 0.6 is 0 Å². The van der Waals surface area contributed by atoms with Gasteiger partial charge < -0.3 is 15.4 Å². The lowest BCUT2D eigenvalue weighted by Crippen LogP contribution is -2.04. The second kappa shape index (κ2) is 5.28. The number of aromatic nitrogens is 1. The van der Waals surface area contributed by atoms with E-state index in [2.05, 4.69) is 10.3 Å². The fourth-order valence-corrected chi connectivity index (χ4v) is 2.29. The summed E-state index contributed by atoms with van der Waals surface area (Å²) in [6.07, 6.45) is 1.87. The molecule has 1 heterocycles. The molecule has 0 unspecified atom stereocenters. The lowest BCUT2D eigenvalue weighted by molar-refractivity contribution is 0.0692. The number of fused-ring (bicyclic) bond motifs is 1. The van der Waals surface area contributed by atoms with Crippen molar-refractivity contribution >= 4 is 22.6 Å². The third kappa shape index (κ3) is 2.58. The van der Waals surface area contributed by atoms with Gasteiger partial charge in [0.1, 0.15) is 5.82 Å². The molecule has 5 heteroatoms. The Labute approximate surface area is 120 Å². The summed E-state index contributed by atoms with van der Waals surface area (Å²) >= 11 is 0. The van der Waals surface area contributed by atoms with Gasteiger partial charge in [-0.1, -0.05) is 18.2 Å². The van der Waals surface area contributed by atoms with Gasteiger partial charge in [-0.05, 0) is 35.2 Å². The normalized spacial score (nSPS) is 10.7. The number of nitrogens with one attached hydrogen (secondary N) is 2. The fourth-order valence-electron chi connectivity index (χ4n) is 2.29. The summed E-state index contributed by atoms with van der Waals surface area (Å²) in [5.41, 5.74) is 2.32. The van der Waals surface area contributed by atoms with E-state index in [1.807, 2.05) is 30.5 Å². The number of para-hydroxylation sites is 1. The molecule has 3 rings (SSSR count). The molecule has 0 fully saturated rings. The first-order valence-electron chi connectivity index (χ1n) is 6.47. The summed E-state index contributed by atoms with van der Waals surface area (Å²) in [7, 11) is 0. The molecule has 0 bridgehead atoms. The Morgan fingerprint density at radius 2 is 2.10 bits per heavy atom. The van der Waals surface area contributed by atoms with Crippen molar-refractivity contribution in [3.63, 3.8) is 0 Å². The van der Waals surface area contributed by atoms with Gasteiger partial charge in [-0.2, -0.15) is 0 Å². The van der Waals surface area contributed by atoms with Gasteiger partial charge in [0, 0.05) is 18.4 Å². The Balaban J connectivity index is 1.83. The predicted octanol–water partition coefficient (Wildman–Crippen LogP) is 3.62. The Bertz CT molecular complexity index is 811. The zero-order chi connectivity index (χ0) is 14.8. The van der Waals surface area contributed by atoms with Crippen molar-refractivity contribution in [2.45, 2.75) is 6.54 Å². The first-order valence-corrected chi connectivity index (χ1v) is 6.47. The van der Waals surface area contributed by atoms with Gasteiger partial charge in [0.05, 0.1) is 11.1 Å². The van der Waals surface area contributed by atoms with Crippen molar-refractivity contribution < 1.29 is 14.3 Å². The van der Waals surface area contributed by atoms with Gasteiger partial charge in [0.25, 0.3) is 0 Å². The third-order valence-electron chi connectivity index (χ3n) is 3.35. The lowest BCUT2D eigenvalue weighted by atomic mass is 10.1. The highest BCUT2D eigenvalue weighted by Crippen LogP contribution is 2.20. The van der Waals surface area contributed by atoms with Gasteiger partial charge in [0.2, 0.25) is 0 Å². The molecule has 0 aliphatic rings. The van der Waals surface area contributed by atoms with Crippen LogP contribution in [0.3, 0.4) is 0 Å². The largest absolute Gasteiger partial charge is 0.478 e. The number of H-pyrrole nitrogens is 1. The molecule has 0 aliphatic heterocycles. The molecule has 4 nitrogen and oxygen atoms in total. The SMILES string of the molecule is O=C(O)c1cc(NCc2cccc3cc[nH]c23)ccc1F. The second-order valence-electron chi connectivity index (χ2n) is 4.71. The van der Waals surface area contributed by atoms with Gasteiger partial charge >= 0.3 is 5.97 Å². The highest BCUT2D eigenvalue weighted by molar-refractivity contribution is 5.89. The molecule has 0 amide bonds. The number of carboxylic acids is 1. The van der Waals surface area contributed by atoms with E-state index in [4.69, 9.17) is 5.11 Å². The number of aromatic carboxylic acids is 1. The molecular weight excluding hydrogens is 271 g/mol. The molecule has 3 N–H and O–H groups in total. The average Bonchev–Trinajstić information content (AvgIpc) is 2.95. The number of benzene rings is 2. The summed E-state index contributed by atoms with van der Waals surface area (Å²) in [6.45, 7) is 0.516. The fraction of sp³-hybridized carbons (Fsp3) is 0.0625. The summed E-state index contributed by atoms with van der Waals surface area (Å²) in [4.78, 5) is 14.1. The maximum absolute atomic E-state index is 13.3. The molecule has 106 valence electrons. The Kier molecular flexibility index (Phi) is 3.31. The monoisotopic (exact) mass is 284 g/mol. The van der Waals surface area contributed by atoms with Crippen molar-refractivity contribution in [1.29, 1.82) is 0 Å². The van der Waals surface area contributed by atoms with E-state index in [0.717, 1.165) is 22.5 Å². The first kappa shape index (κ1) is 13.2. The van der Waals surface area contributed by atoms with Crippen LogP contribution in [0, 0.1) is 5.82 Å². The number of rotatable bonds is 4. The van der Waals surface area contributed by atoms with Crippen molar-refractivity contribution in [1.82, 2.24) is 4.98 Å². The summed E-state index contributed by atoms with van der Waals surface area (Å²) in [5.74, 6) is -2.01. The minimum Gasteiger partial charge on any atom is -0.478 e. The summed E-state index contributed by atoms with van der Waals surface area (Å²) in [5, 5.41) is 13.1. The predicted molar refractivity (Wildman–Crippen MR) is 79.0 cm³/mol. The van der Waals surface area contributed by atoms with Gasteiger partial charge in [-0.15, -0.1) is 0 Å². The number of anilines is 1. The molecule has 0 saturated carbocycles. The van der Waals surface area contributed by atoms with Crippen LogP contribution in [0.5, 0.6) is 0 Å². The van der Waals surface area contributed by atoms with Crippen molar-refractivity contribution in [3.8, 4) is 0 Å². The van der Waals surface area contributed by atoms with Crippen LogP contribution in [0.25, 0.3) is 10.9 Å². The van der Waals surface area contributed by atoms with Crippen molar-refractivity contribution in [2.24, 2.45) is 0 Å². The van der Waals surface area contributed by atoms with Gasteiger partial charge in [-0.25, -0.2) is 9.18 Å². The average molecular weight is 284 g/mol. The number of hydrogen-bond donors (Lipinski definition) is 3.